The number of nitrogens with one attached hydrogen (secondary N) is 1. The zero-order valence-corrected chi connectivity index (χ0v) is 12.5. The summed E-state index contributed by atoms with van der Waals surface area (Å²) in [5, 5.41) is 6.89. The van der Waals surface area contributed by atoms with Crippen molar-refractivity contribution in [2.75, 3.05) is 5.73 Å². The van der Waals surface area contributed by atoms with Crippen molar-refractivity contribution in [2.24, 2.45) is 0 Å². The van der Waals surface area contributed by atoms with Gasteiger partial charge in [-0.2, -0.15) is 0 Å². The van der Waals surface area contributed by atoms with Gasteiger partial charge in [0.2, 0.25) is 0 Å². The van der Waals surface area contributed by atoms with Crippen molar-refractivity contribution in [3.63, 3.8) is 0 Å². The molecule has 0 aliphatic carbocycles. The van der Waals surface area contributed by atoms with Crippen molar-refractivity contribution in [3.8, 4) is 11.1 Å². The molecular weight excluding hydrogens is 479 g/mol. The molecular formula is C15H12EsFN2-. The summed E-state index contributed by atoms with van der Waals surface area (Å²) in [5.41, 5.74) is 8.82. The van der Waals surface area contributed by atoms with Gasteiger partial charge in [-0.3, -0.25) is 0 Å². The SMILES string of the molecule is N=CC=[C-]c1ccc(-c2cccc(F)c2)c(N)c1.[Es]. The number of allylic oxidation sites excluding steroid dienone is 1. The zero-order chi connectivity index (χ0) is 13.0. The summed E-state index contributed by atoms with van der Waals surface area (Å²) in [6.45, 7) is 0. The molecule has 4 heteroatoms. The Labute approximate surface area is 105 Å². The fourth-order valence-electron chi connectivity index (χ4n) is 1.71. The van der Waals surface area contributed by atoms with E-state index in [1.165, 1.54) is 18.2 Å². The Morgan fingerprint density at radius 2 is 1.95 bits per heavy atom. The third-order valence-corrected chi connectivity index (χ3v) is 2.52. The van der Waals surface area contributed by atoms with E-state index < -0.39 is 0 Å². The van der Waals surface area contributed by atoms with Gasteiger partial charge in [-0.25, -0.2) is 4.39 Å². The predicted molar refractivity (Wildman–Crippen MR) is 71.9 cm³/mol. The Morgan fingerprint density at radius 1 is 1.16 bits per heavy atom. The fourth-order valence-corrected chi connectivity index (χ4v) is 1.71. The summed E-state index contributed by atoms with van der Waals surface area (Å²) < 4.78 is 13.1. The maximum Gasteiger partial charge on any atom is 0.123 e. The number of hydrogen-bond donors (Lipinski definition) is 2. The molecule has 3 N–H and O–H groups in total. The molecule has 101 valence electrons. The van der Waals surface area contributed by atoms with Crippen molar-refractivity contribution in [2.45, 2.75) is 0 Å². The quantitative estimate of drug-likeness (QED) is 0.386. The molecule has 0 aromatic heterocycles. The maximum atomic E-state index is 13.1. The Morgan fingerprint density at radius 3 is 2.58 bits per heavy atom. The van der Waals surface area contributed by atoms with Gasteiger partial charge >= 0.3 is 0 Å². The smallest absolute Gasteiger partial charge is 0.123 e. The number of benzene rings is 2. The van der Waals surface area contributed by atoms with Crippen LogP contribution >= 0.6 is 0 Å². The van der Waals surface area contributed by atoms with Crippen LogP contribution in [-0.4, -0.2) is 6.21 Å². The predicted octanol–water partition coefficient (Wildman–Crippen LogP) is 3.43. The third kappa shape index (κ3) is 3.03. The van der Waals surface area contributed by atoms with Gasteiger partial charge in [0, 0.05) is 0 Å². The summed E-state index contributed by atoms with van der Waals surface area (Å²) in [6, 6.07) is 11.7. The molecule has 0 atom stereocenters. The van der Waals surface area contributed by atoms with E-state index in [0.717, 1.165) is 22.9 Å². The molecule has 0 saturated carbocycles. The number of nitrogen functional groups attached to an aromatic ring is 1. The molecule has 1 radical (unpaired) electrons. The number of halogens is 1. The Hall–Kier alpha value is -3.42. The van der Waals surface area contributed by atoms with E-state index in [1.807, 2.05) is 18.2 Å². The first-order valence-electron chi connectivity index (χ1n) is 5.45. The zero-order valence-electron chi connectivity index (χ0n) is 9.95. The molecule has 0 aliphatic rings. The van der Waals surface area contributed by atoms with Gasteiger partial charge in [-0.15, -0.1) is 29.8 Å². The van der Waals surface area contributed by atoms with E-state index in [4.69, 9.17) is 11.1 Å². The van der Waals surface area contributed by atoms with Crippen molar-refractivity contribution >= 4 is 11.9 Å². The topological polar surface area (TPSA) is 49.9 Å². The minimum atomic E-state index is -0.286. The monoisotopic (exact) mass is 491 g/mol. The van der Waals surface area contributed by atoms with E-state index in [9.17, 15) is 4.39 Å². The van der Waals surface area contributed by atoms with E-state index in [2.05, 4.69) is 6.08 Å². The largest absolute Gasteiger partial charge is 0.406 e. The first-order valence-corrected chi connectivity index (χ1v) is 5.45. The van der Waals surface area contributed by atoms with E-state index >= 15 is 0 Å². The van der Waals surface area contributed by atoms with Crippen LogP contribution in [0.5, 0.6) is 0 Å². The molecule has 2 nitrogen and oxygen atoms in total. The van der Waals surface area contributed by atoms with E-state index in [-0.39, 0.29) is 5.82 Å². The molecule has 0 bridgehead atoms. The standard InChI is InChI=1S/C15H12FN2.Es/c16-13-5-1-4-12(10-13)14-7-6-11(3-2-8-17)9-15(14)18;/h1-2,4-10,17H,18H2;/q-1;. The second-order valence-electron chi connectivity index (χ2n) is 3.79. The molecule has 0 spiro atoms. The van der Waals surface area contributed by atoms with Gasteiger partial charge in [-0.1, -0.05) is 24.4 Å². The Kier molecular flexibility index (Phi) is 4.15. The van der Waals surface area contributed by atoms with Gasteiger partial charge in [0.15, 0.2) is 0 Å². The number of rotatable bonds is 3. The van der Waals surface area contributed by atoms with Crippen LogP contribution in [0.3, 0.4) is 0 Å². The normalized spacial score (nSPS) is 10.2. The van der Waals surface area contributed by atoms with Crippen LogP contribution in [0.15, 0.2) is 48.5 Å². The van der Waals surface area contributed by atoms with Gasteiger partial charge in [0.1, 0.15) is 5.82 Å². The van der Waals surface area contributed by atoms with E-state index in [0.29, 0.717) is 5.69 Å². The summed E-state index contributed by atoms with van der Waals surface area (Å²) in [7, 11) is 0. The molecule has 2 aromatic carbocycles. The first-order chi connectivity index (χ1) is 8.70. The average Bonchev–Trinajstić information content (AvgIpc) is 2.36. The first kappa shape index (κ1) is 13.6. The van der Waals surface area contributed by atoms with Gasteiger partial charge in [0.25, 0.3) is 0 Å². The molecule has 0 saturated heterocycles. The van der Waals surface area contributed by atoms with Crippen LogP contribution in [0.2, 0.25) is 0 Å². The average molecular weight is 491 g/mol. The van der Waals surface area contributed by atoms with Crippen molar-refractivity contribution < 1.29 is 4.39 Å². The van der Waals surface area contributed by atoms with E-state index in [1.54, 1.807) is 12.1 Å². The van der Waals surface area contributed by atoms with Crippen LogP contribution in [0.1, 0.15) is 5.56 Å². The summed E-state index contributed by atoms with van der Waals surface area (Å²) in [4.78, 5) is 0. The summed E-state index contributed by atoms with van der Waals surface area (Å²) >= 11 is 0. The molecule has 2 rings (SSSR count). The van der Waals surface area contributed by atoms with Gasteiger partial charge in [-0.05, 0) is 28.9 Å². The molecule has 0 unspecified atom stereocenters. The second-order valence-corrected chi connectivity index (χ2v) is 3.79. The molecule has 0 heterocycles. The second kappa shape index (κ2) is 5.77. The van der Waals surface area contributed by atoms with Gasteiger partial charge < -0.3 is 11.1 Å². The number of hydrogen-bond acceptors (Lipinski definition) is 2. The van der Waals surface area contributed by atoms with Crippen LogP contribution in [0.4, 0.5) is 10.1 Å². The summed E-state index contributed by atoms with van der Waals surface area (Å²) in [6.07, 6.45) is 5.55. The molecule has 0 aliphatic heterocycles. The van der Waals surface area contributed by atoms with Crippen LogP contribution in [0.25, 0.3) is 11.1 Å². The molecule has 2 aromatic rings. The van der Waals surface area contributed by atoms with Crippen molar-refractivity contribution in [1.29, 1.82) is 5.41 Å². The van der Waals surface area contributed by atoms with Gasteiger partial charge in [0.05, 0.1) is 0 Å². The minimum Gasteiger partial charge on any atom is -0.406 e. The Balaban J connectivity index is 0.00000180. The van der Waals surface area contributed by atoms with Crippen LogP contribution in [-0.2, 0) is 0 Å². The minimum absolute atomic E-state index is 0. The summed E-state index contributed by atoms with van der Waals surface area (Å²) in [5.74, 6) is -0.286. The van der Waals surface area contributed by atoms with Crippen LogP contribution < -0.4 is 5.73 Å². The fraction of sp³-hybridized carbons (Fsp3) is 0. The maximum absolute atomic E-state index is 13.1. The number of nitrogens with two attached hydrogens (primary N) is 1. The van der Waals surface area contributed by atoms with Crippen LogP contribution in [0, 0.1) is 17.3 Å². The number of anilines is 1. The third-order valence-electron chi connectivity index (χ3n) is 2.52. The van der Waals surface area contributed by atoms with Crippen molar-refractivity contribution in [1.82, 2.24) is 0 Å². The molecule has 0 fully saturated rings. The molecule has 19 heavy (non-hydrogen) atoms. The Bertz CT molecular complexity index is 609. The van der Waals surface area contributed by atoms with Crippen molar-refractivity contribution in [3.05, 3.63) is 66.0 Å². The molecule has 0 amide bonds.